The van der Waals surface area contributed by atoms with Gasteiger partial charge in [-0.15, -0.1) is 0 Å². The number of carbonyl (C=O) groups excluding carboxylic acids is 1. The van der Waals surface area contributed by atoms with Crippen LogP contribution in [0.25, 0.3) is 0 Å². The number of hydrogen-bond acceptors (Lipinski definition) is 6. The number of amides is 1. The predicted molar refractivity (Wildman–Crippen MR) is 104 cm³/mol. The van der Waals surface area contributed by atoms with Crippen molar-refractivity contribution < 1.29 is 14.3 Å². The van der Waals surface area contributed by atoms with E-state index in [0.29, 0.717) is 23.0 Å². The fourth-order valence-corrected chi connectivity index (χ4v) is 2.42. The molecule has 27 heavy (non-hydrogen) atoms. The average molecular weight is 364 g/mol. The number of anilines is 3. The summed E-state index contributed by atoms with van der Waals surface area (Å²) in [4.78, 5) is 20.8. The molecule has 2 aromatic carbocycles. The number of hydrogen-bond donors (Lipinski definition) is 2. The zero-order valence-electron chi connectivity index (χ0n) is 15.3. The van der Waals surface area contributed by atoms with Crippen molar-refractivity contribution in [2.75, 3.05) is 24.9 Å². The highest BCUT2D eigenvalue weighted by Crippen LogP contribution is 2.29. The zero-order chi connectivity index (χ0) is 19.2. The topological polar surface area (TPSA) is 85.4 Å². The van der Waals surface area contributed by atoms with Crippen LogP contribution in [0.15, 0.2) is 54.9 Å². The third-order valence-electron chi connectivity index (χ3n) is 3.88. The van der Waals surface area contributed by atoms with Gasteiger partial charge in [-0.3, -0.25) is 4.79 Å². The van der Waals surface area contributed by atoms with Gasteiger partial charge >= 0.3 is 0 Å². The fraction of sp³-hybridized carbons (Fsp3) is 0.150. The Labute approximate surface area is 157 Å². The molecule has 0 aliphatic rings. The van der Waals surface area contributed by atoms with Gasteiger partial charge in [0.25, 0.3) is 5.91 Å². The van der Waals surface area contributed by atoms with Gasteiger partial charge < -0.3 is 20.1 Å². The van der Waals surface area contributed by atoms with Crippen molar-refractivity contribution in [3.63, 3.8) is 0 Å². The minimum atomic E-state index is -0.368. The summed E-state index contributed by atoms with van der Waals surface area (Å²) in [6.07, 6.45) is 1.34. The van der Waals surface area contributed by atoms with Crippen molar-refractivity contribution in [1.82, 2.24) is 9.97 Å². The molecule has 7 heteroatoms. The van der Waals surface area contributed by atoms with Crippen LogP contribution in [0.3, 0.4) is 0 Å². The molecule has 0 spiro atoms. The predicted octanol–water partition coefficient (Wildman–Crippen LogP) is 3.80. The molecule has 0 saturated heterocycles. The van der Waals surface area contributed by atoms with E-state index in [2.05, 4.69) is 20.6 Å². The molecule has 0 aliphatic carbocycles. The first-order valence-corrected chi connectivity index (χ1v) is 8.28. The molecule has 3 aromatic rings. The summed E-state index contributed by atoms with van der Waals surface area (Å²) >= 11 is 0. The minimum absolute atomic E-state index is 0.234. The molecule has 1 heterocycles. The van der Waals surface area contributed by atoms with Crippen LogP contribution in [0.1, 0.15) is 16.1 Å². The standard InChI is InChI=1S/C20H20N4O3/c1-13-4-6-14(7-5-13)23-19-11-17(21-12-22-19)20(25)24-16-9-8-15(26-2)10-18(16)27-3/h4-12H,1-3H3,(H,24,25)(H,21,22,23). The maximum absolute atomic E-state index is 12.6. The van der Waals surface area contributed by atoms with Gasteiger partial charge in [-0.1, -0.05) is 17.7 Å². The van der Waals surface area contributed by atoms with E-state index in [4.69, 9.17) is 9.47 Å². The molecule has 138 valence electrons. The van der Waals surface area contributed by atoms with Crippen molar-refractivity contribution in [2.45, 2.75) is 6.92 Å². The van der Waals surface area contributed by atoms with E-state index in [-0.39, 0.29) is 11.6 Å². The van der Waals surface area contributed by atoms with Crippen LogP contribution in [0.4, 0.5) is 17.2 Å². The average Bonchev–Trinajstić information content (AvgIpc) is 2.70. The molecular weight excluding hydrogens is 344 g/mol. The first-order chi connectivity index (χ1) is 13.1. The lowest BCUT2D eigenvalue weighted by atomic mass is 10.2. The molecule has 0 saturated carbocycles. The SMILES string of the molecule is COc1ccc(NC(=O)c2cc(Nc3ccc(C)cc3)ncn2)c(OC)c1. The van der Waals surface area contributed by atoms with Gasteiger partial charge in [0, 0.05) is 17.8 Å². The van der Waals surface area contributed by atoms with E-state index in [1.54, 1.807) is 31.4 Å². The Bertz CT molecular complexity index is 942. The largest absolute Gasteiger partial charge is 0.497 e. The summed E-state index contributed by atoms with van der Waals surface area (Å²) in [5.41, 5.74) is 2.80. The van der Waals surface area contributed by atoms with E-state index in [1.165, 1.54) is 13.4 Å². The van der Waals surface area contributed by atoms with Crippen LogP contribution in [-0.4, -0.2) is 30.1 Å². The summed E-state index contributed by atoms with van der Waals surface area (Å²) in [5, 5.41) is 5.95. The molecule has 3 rings (SSSR count). The number of methoxy groups -OCH3 is 2. The van der Waals surface area contributed by atoms with Gasteiger partial charge in [0.1, 0.15) is 29.3 Å². The zero-order valence-corrected chi connectivity index (χ0v) is 15.3. The number of nitrogens with one attached hydrogen (secondary N) is 2. The first-order valence-electron chi connectivity index (χ1n) is 8.28. The molecule has 0 unspecified atom stereocenters. The third kappa shape index (κ3) is 4.52. The maximum atomic E-state index is 12.6. The lowest BCUT2D eigenvalue weighted by Crippen LogP contribution is -2.15. The quantitative estimate of drug-likeness (QED) is 0.692. The number of carbonyl (C=O) groups is 1. The van der Waals surface area contributed by atoms with Crippen molar-refractivity contribution in [3.05, 3.63) is 66.1 Å². The molecule has 1 amide bonds. The van der Waals surface area contributed by atoms with Crippen LogP contribution in [-0.2, 0) is 0 Å². The van der Waals surface area contributed by atoms with E-state index < -0.39 is 0 Å². The highest BCUT2D eigenvalue weighted by molar-refractivity contribution is 6.04. The van der Waals surface area contributed by atoms with E-state index in [0.717, 1.165) is 11.3 Å². The number of ether oxygens (including phenoxy) is 2. The molecule has 2 N–H and O–H groups in total. The van der Waals surface area contributed by atoms with Crippen molar-refractivity contribution >= 4 is 23.1 Å². The Morgan fingerprint density at radius 3 is 2.44 bits per heavy atom. The highest BCUT2D eigenvalue weighted by Gasteiger charge is 2.13. The number of nitrogens with zero attached hydrogens (tertiary/aromatic N) is 2. The van der Waals surface area contributed by atoms with Gasteiger partial charge in [-0.25, -0.2) is 9.97 Å². The van der Waals surface area contributed by atoms with Gasteiger partial charge in [-0.05, 0) is 31.2 Å². The Morgan fingerprint density at radius 1 is 0.963 bits per heavy atom. The number of aromatic nitrogens is 2. The van der Waals surface area contributed by atoms with Gasteiger partial charge in [0.05, 0.1) is 19.9 Å². The number of rotatable bonds is 6. The second-order valence-corrected chi connectivity index (χ2v) is 5.80. The molecule has 7 nitrogen and oxygen atoms in total. The van der Waals surface area contributed by atoms with Crippen LogP contribution in [0.2, 0.25) is 0 Å². The Kier molecular flexibility index (Phi) is 5.51. The molecule has 0 fully saturated rings. The first kappa shape index (κ1) is 18.2. The Balaban J connectivity index is 1.76. The summed E-state index contributed by atoms with van der Waals surface area (Å²) in [6.45, 7) is 2.02. The maximum Gasteiger partial charge on any atom is 0.274 e. The van der Waals surface area contributed by atoms with Gasteiger partial charge in [-0.2, -0.15) is 0 Å². The van der Waals surface area contributed by atoms with Crippen LogP contribution in [0.5, 0.6) is 11.5 Å². The number of aryl methyl sites for hydroxylation is 1. The Hall–Kier alpha value is -3.61. The lowest BCUT2D eigenvalue weighted by Gasteiger charge is -2.12. The normalized spacial score (nSPS) is 10.2. The fourth-order valence-electron chi connectivity index (χ4n) is 2.42. The monoisotopic (exact) mass is 364 g/mol. The third-order valence-corrected chi connectivity index (χ3v) is 3.88. The number of benzene rings is 2. The van der Waals surface area contributed by atoms with Crippen LogP contribution in [0, 0.1) is 6.92 Å². The van der Waals surface area contributed by atoms with Crippen molar-refractivity contribution in [3.8, 4) is 11.5 Å². The van der Waals surface area contributed by atoms with Gasteiger partial charge in [0.2, 0.25) is 0 Å². The molecule has 0 radical (unpaired) electrons. The van der Waals surface area contributed by atoms with E-state index in [1.807, 2.05) is 31.2 Å². The molecular formula is C20H20N4O3. The second kappa shape index (κ2) is 8.18. The van der Waals surface area contributed by atoms with E-state index >= 15 is 0 Å². The molecule has 0 aliphatic heterocycles. The summed E-state index contributed by atoms with van der Waals surface area (Å²) in [6, 6.07) is 14.6. The summed E-state index contributed by atoms with van der Waals surface area (Å²) < 4.78 is 10.5. The summed E-state index contributed by atoms with van der Waals surface area (Å²) in [5.74, 6) is 1.29. The molecule has 0 bridgehead atoms. The second-order valence-electron chi connectivity index (χ2n) is 5.80. The molecule has 1 aromatic heterocycles. The Morgan fingerprint density at radius 2 is 1.74 bits per heavy atom. The van der Waals surface area contributed by atoms with Crippen LogP contribution >= 0.6 is 0 Å². The lowest BCUT2D eigenvalue weighted by molar-refractivity contribution is 0.102. The van der Waals surface area contributed by atoms with Crippen molar-refractivity contribution in [1.29, 1.82) is 0 Å². The highest BCUT2D eigenvalue weighted by atomic mass is 16.5. The van der Waals surface area contributed by atoms with Crippen molar-refractivity contribution in [2.24, 2.45) is 0 Å². The summed E-state index contributed by atoms with van der Waals surface area (Å²) in [7, 11) is 3.09. The van der Waals surface area contributed by atoms with Crippen LogP contribution < -0.4 is 20.1 Å². The van der Waals surface area contributed by atoms with E-state index in [9.17, 15) is 4.79 Å². The van der Waals surface area contributed by atoms with Gasteiger partial charge in [0.15, 0.2) is 0 Å². The minimum Gasteiger partial charge on any atom is -0.497 e. The molecule has 0 atom stereocenters. The smallest absolute Gasteiger partial charge is 0.274 e.